The molecule has 0 fully saturated rings. The normalized spacial score (nSPS) is 11.7. The van der Waals surface area contributed by atoms with Crippen LogP contribution in [0.15, 0.2) is 171 Å². The third-order valence-corrected chi connectivity index (χ3v) is 10.7. The third kappa shape index (κ3) is 5.22. The molecule has 0 aliphatic carbocycles. The number of aromatic nitrogens is 3. The van der Waals surface area contributed by atoms with Gasteiger partial charge in [0.25, 0.3) is 0 Å². The Morgan fingerprint density at radius 3 is 1.62 bits per heavy atom. The van der Waals surface area contributed by atoms with Gasteiger partial charge >= 0.3 is 0 Å². The van der Waals surface area contributed by atoms with Gasteiger partial charge in [0.15, 0.2) is 17.5 Å². The molecule has 11 aromatic rings. The lowest BCUT2D eigenvalue weighted by Gasteiger charge is -2.10. The van der Waals surface area contributed by atoms with Crippen LogP contribution in [-0.2, 0) is 0 Å². The molecule has 56 heavy (non-hydrogen) atoms. The molecule has 0 unspecified atom stereocenters. The Morgan fingerprint density at radius 1 is 0.375 bits per heavy atom. The largest absolute Gasteiger partial charge is 0.461 e. The Bertz CT molecular complexity index is 3350. The fraction of sp³-hybridized carbons (Fsp3) is 0.0200. The standard InChI is InChI=1S/C50H31N3O3/c1-3-37-29(2)54-45-26-36(19-21-39(37)45)50-52-48(30-11-5-4-6-12-30)51-49(53-50)35-16-10-15-33(24-35)31-13-9-14-32(23-31)34-20-22-44-40(25-34)42-27-41-38-17-7-8-18-43(38)55-46(41)28-47(42)56-44/h3-28H,1H2,2H3. The van der Waals surface area contributed by atoms with Gasteiger partial charge in [-0.3, -0.25) is 0 Å². The lowest BCUT2D eigenvalue weighted by molar-refractivity contribution is 0.577. The second kappa shape index (κ2) is 12.5. The lowest BCUT2D eigenvalue weighted by Crippen LogP contribution is -2.00. The van der Waals surface area contributed by atoms with Crippen LogP contribution in [0.5, 0.6) is 0 Å². The summed E-state index contributed by atoms with van der Waals surface area (Å²) in [5, 5.41) is 5.33. The highest BCUT2D eigenvalue weighted by molar-refractivity contribution is 6.15. The minimum absolute atomic E-state index is 0.571. The molecule has 0 aliphatic rings. The molecule has 0 bridgehead atoms. The van der Waals surface area contributed by atoms with Crippen molar-refractivity contribution in [3.05, 3.63) is 170 Å². The zero-order valence-corrected chi connectivity index (χ0v) is 30.3. The maximum atomic E-state index is 6.31. The van der Waals surface area contributed by atoms with E-state index in [9.17, 15) is 0 Å². The first kappa shape index (κ1) is 31.9. The molecular weight excluding hydrogens is 691 g/mol. The summed E-state index contributed by atoms with van der Waals surface area (Å²) in [6, 6.07) is 51.8. The average Bonchev–Trinajstić information content (AvgIpc) is 3.91. The van der Waals surface area contributed by atoms with Gasteiger partial charge in [-0.15, -0.1) is 0 Å². The Morgan fingerprint density at radius 2 is 0.893 bits per heavy atom. The molecule has 6 heteroatoms. The van der Waals surface area contributed by atoms with Crippen molar-refractivity contribution in [1.29, 1.82) is 0 Å². The highest BCUT2D eigenvalue weighted by Gasteiger charge is 2.17. The van der Waals surface area contributed by atoms with Crippen LogP contribution in [0.25, 0.3) is 117 Å². The summed E-state index contributed by atoms with van der Waals surface area (Å²) in [6.07, 6.45) is 1.83. The first-order valence-corrected chi connectivity index (χ1v) is 18.5. The SMILES string of the molecule is C=Cc1c(C)oc2cc(-c3nc(-c4ccccc4)nc(-c4cccc(-c5cccc(-c6ccc7oc8cc9oc%10ccccc%10c9cc8c7c6)c5)c4)n3)ccc12. The average molecular weight is 722 g/mol. The van der Waals surface area contributed by atoms with Gasteiger partial charge in [0.05, 0.1) is 0 Å². The lowest BCUT2D eigenvalue weighted by atomic mass is 9.97. The summed E-state index contributed by atoms with van der Waals surface area (Å²) in [4.78, 5) is 15.0. The van der Waals surface area contributed by atoms with Crippen molar-refractivity contribution in [2.24, 2.45) is 0 Å². The smallest absolute Gasteiger partial charge is 0.164 e. The van der Waals surface area contributed by atoms with Gasteiger partial charge in [-0.05, 0) is 77.7 Å². The van der Waals surface area contributed by atoms with E-state index >= 15 is 0 Å². The molecule has 4 heterocycles. The van der Waals surface area contributed by atoms with E-state index in [1.165, 1.54) is 0 Å². The van der Waals surface area contributed by atoms with Gasteiger partial charge in [0.2, 0.25) is 0 Å². The number of nitrogens with zero attached hydrogens (tertiary/aromatic N) is 3. The highest BCUT2D eigenvalue weighted by atomic mass is 16.3. The molecular formula is C50H31N3O3. The predicted molar refractivity (Wildman–Crippen MR) is 226 cm³/mol. The van der Waals surface area contributed by atoms with Crippen LogP contribution in [0.4, 0.5) is 0 Å². The zero-order chi connectivity index (χ0) is 37.3. The van der Waals surface area contributed by atoms with Gasteiger partial charge in [0.1, 0.15) is 33.7 Å². The summed E-state index contributed by atoms with van der Waals surface area (Å²) < 4.78 is 18.6. The molecule has 0 amide bonds. The maximum absolute atomic E-state index is 6.31. The van der Waals surface area contributed by atoms with E-state index in [-0.39, 0.29) is 0 Å². The van der Waals surface area contributed by atoms with E-state index in [1.54, 1.807) is 0 Å². The number of hydrogen-bond acceptors (Lipinski definition) is 6. The minimum Gasteiger partial charge on any atom is -0.461 e. The Kier molecular flexibility index (Phi) is 7.13. The molecule has 0 radical (unpaired) electrons. The Labute approximate surface area is 321 Å². The fourth-order valence-electron chi connectivity index (χ4n) is 7.87. The second-order valence-corrected chi connectivity index (χ2v) is 14.1. The molecule has 7 aromatic carbocycles. The van der Waals surface area contributed by atoms with Crippen molar-refractivity contribution in [3.8, 4) is 56.4 Å². The molecule has 0 N–H and O–H groups in total. The molecule has 11 rings (SSSR count). The monoisotopic (exact) mass is 721 g/mol. The molecule has 0 spiro atoms. The molecule has 0 saturated heterocycles. The fourth-order valence-corrected chi connectivity index (χ4v) is 7.87. The van der Waals surface area contributed by atoms with Crippen LogP contribution in [0.3, 0.4) is 0 Å². The summed E-state index contributed by atoms with van der Waals surface area (Å²) in [5.41, 5.74) is 12.1. The van der Waals surface area contributed by atoms with Crippen molar-refractivity contribution >= 4 is 60.9 Å². The van der Waals surface area contributed by atoms with Crippen LogP contribution in [0.1, 0.15) is 11.3 Å². The second-order valence-electron chi connectivity index (χ2n) is 14.1. The quantitative estimate of drug-likeness (QED) is 0.170. The van der Waals surface area contributed by atoms with Crippen LogP contribution in [0.2, 0.25) is 0 Å². The van der Waals surface area contributed by atoms with Gasteiger partial charge < -0.3 is 13.3 Å². The minimum atomic E-state index is 0.571. The summed E-state index contributed by atoms with van der Waals surface area (Å²) in [7, 11) is 0. The van der Waals surface area contributed by atoms with Crippen molar-refractivity contribution in [1.82, 2.24) is 15.0 Å². The first-order chi connectivity index (χ1) is 27.6. The molecule has 264 valence electrons. The molecule has 0 atom stereocenters. The Hall–Kier alpha value is -7.57. The molecule has 0 aliphatic heterocycles. The summed E-state index contributed by atoms with van der Waals surface area (Å²) in [6.45, 7) is 5.92. The van der Waals surface area contributed by atoms with Crippen LogP contribution in [0, 0.1) is 6.92 Å². The van der Waals surface area contributed by atoms with E-state index < -0.39 is 0 Å². The number of aryl methyl sites for hydroxylation is 1. The van der Waals surface area contributed by atoms with E-state index in [2.05, 4.69) is 85.4 Å². The van der Waals surface area contributed by atoms with Crippen LogP contribution >= 0.6 is 0 Å². The van der Waals surface area contributed by atoms with E-state index in [0.717, 1.165) is 105 Å². The van der Waals surface area contributed by atoms with Crippen LogP contribution < -0.4 is 0 Å². The van der Waals surface area contributed by atoms with Gasteiger partial charge in [-0.1, -0.05) is 110 Å². The molecule has 6 nitrogen and oxygen atoms in total. The van der Waals surface area contributed by atoms with Crippen molar-refractivity contribution in [2.75, 3.05) is 0 Å². The van der Waals surface area contributed by atoms with Crippen molar-refractivity contribution < 1.29 is 13.3 Å². The number of fused-ring (bicyclic) bond motifs is 7. The summed E-state index contributed by atoms with van der Waals surface area (Å²) in [5.74, 6) is 2.59. The number of hydrogen-bond donors (Lipinski definition) is 0. The van der Waals surface area contributed by atoms with Crippen LogP contribution in [-0.4, -0.2) is 15.0 Å². The third-order valence-electron chi connectivity index (χ3n) is 10.7. The number of rotatable bonds is 6. The number of benzene rings is 7. The topological polar surface area (TPSA) is 78.1 Å². The van der Waals surface area contributed by atoms with Gasteiger partial charge in [0, 0.05) is 55.3 Å². The first-order valence-electron chi connectivity index (χ1n) is 18.5. The van der Waals surface area contributed by atoms with Gasteiger partial charge in [-0.2, -0.15) is 0 Å². The zero-order valence-electron chi connectivity index (χ0n) is 30.3. The van der Waals surface area contributed by atoms with Gasteiger partial charge in [-0.25, -0.2) is 15.0 Å². The van der Waals surface area contributed by atoms with E-state index in [1.807, 2.05) is 85.8 Å². The van der Waals surface area contributed by atoms with Crippen molar-refractivity contribution in [3.63, 3.8) is 0 Å². The maximum Gasteiger partial charge on any atom is 0.164 e. The summed E-state index contributed by atoms with van der Waals surface area (Å²) >= 11 is 0. The van der Waals surface area contributed by atoms with E-state index in [0.29, 0.717) is 17.5 Å². The Balaban J connectivity index is 0.986. The van der Waals surface area contributed by atoms with Crippen molar-refractivity contribution in [2.45, 2.75) is 6.92 Å². The number of para-hydroxylation sites is 1. The molecule has 0 saturated carbocycles. The molecule has 4 aromatic heterocycles. The predicted octanol–water partition coefficient (Wildman–Crippen LogP) is 13.7. The van der Waals surface area contributed by atoms with E-state index in [4.69, 9.17) is 28.2 Å². The number of furan rings is 3. The highest BCUT2D eigenvalue weighted by Crippen LogP contribution is 2.39.